The van der Waals surface area contributed by atoms with Crippen LogP contribution in [0.25, 0.3) is 0 Å². The number of nitrogen functional groups attached to an aromatic ring is 1. The Bertz CT molecular complexity index is 303. The summed E-state index contributed by atoms with van der Waals surface area (Å²) in [6.07, 6.45) is 1.62. The van der Waals surface area contributed by atoms with Gasteiger partial charge in [-0.2, -0.15) is 0 Å². The van der Waals surface area contributed by atoms with Crippen LogP contribution in [0, 0.1) is 0 Å². The van der Waals surface area contributed by atoms with E-state index >= 15 is 0 Å². The van der Waals surface area contributed by atoms with Gasteiger partial charge in [-0.05, 0) is 18.2 Å². The van der Waals surface area contributed by atoms with E-state index < -0.39 is 10.8 Å². The molecule has 2 nitrogen and oxygen atoms in total. The van der Waals surface area contributed by atoms with Crippen molar-refractivity contribution in [2.45, 2.75) is 9.79 Å². The zero-order valence-electron chi connectivity index (χ0n) is 6.78. The van der Waals surface area contributed by atoms with Crippen LogP contribution in [-0.2, 0) is 30.3 Å². The summed E-state index contributed by atoms with van der Waals surface area (Å²) in [5, 5.41) is 0. The minimum absolute atomic E-state index is 0. The number of thiol groups is 1. The van der Waals surface area contributed by atoms with Crippen molar-refractivity contribution in [2.75, 3.05) is 12.0 Å². The van der Waals surface area contributed by atoms with Crippen molar-refractivity contribution in [3.05, 3.63) is 18.2 Å². The molecule has 0 aromatic heterocycles. The molecule has 0 aliphatic carbocycles. The van der Waals surface area contributed by atoms with E-state index in [1.165, 1.54) is 0 Å². The van der Waals surface area contributed by atoms with Gasteiger partial charge in [0.1, 0.15) is 0 Å². The Morgan fingerprint density at radius 1 is 1.50 bits per heavy atom. The van der Waals surface area contributed by atoms with Crippen LogP contribution in [0.2, 0.25) is 0 Å². The van der Waals surface area contributed by atoms with Gasteiger partial charge in [-0.1, -0.05) is 0 Å². The normalized spacial score (nSPS) is 11.8. The van der Waals surface area contributed by atoms with E-state index in [2.05, 4.69) is 12.6 Å². The van der Waals surface area contributed by atoms with Crippen molar-refractivity contribution in [1.29, 1.82) is 0 Å². The van der Waals surface area contributed by atoms with Crippen LogP contribution in [0.15, 0.2) is 28.0 Å². The second-order valence-corrected chi connectivity index (χ2v) is 4.04. The number of hydrogen-bond donors (Lipinski definition) is 2. The SMILES string of the molecule is CS(=O)c1ccc(S)c(N)c1.[Zn+2]. The first-order valence-electron chi connectivity index (χ1n) is 3.03. The molecule has 1 unspecified atom stereocenters. The molecule has 0 amide bonds. The maximum Gasteiger partial charge on any atom is 2.00 e. The van der Waals surface area contributed by atoms with E-state index in [0.717, 1.165) is 9.79 Å². The molecule has 0 aliphatic rings. The fourth-order valence-corrected chi connectivity index (χ4v) is 1.40. The van der Waals surface area contributed by atoms with Crippen LogP contribution < -0.4 is 5.73 Å². The van der Waals surface area contributed by atoms with E-state index in [1.807, 2.05) is 0 Å². The van der Waals surface area contributed by atoms with Gasteiger partial charge in [0, 0.05) is 32.5 Å². The molecule has 5 heteroatoms. The molecule has 0 radical (unpaired) electrons. The van der Waals surface area contributed by atoms with Crippen LogP contribution >= 0.6 is 12.6 Å². The zero-order chi connectivity index (χ0) is 8.43. The largest absolute Gasteiger partial charge is 2.00 e. The van der Waals surface area contributed by atoms with Gasteiger partial charge < -0.3 is 5.73 Å². The molecule has 60 valence electrons. The maximum absolute atomic E-state index is 10.9. The van der Waals surface area contributed by atoms with Crippen molar-refractivity contribution in [3.63, 3.8) is 0 Å². The molecule has 1 rings (SSSR count). The molecule has 0 saturated carbocycles. The molecule has 1 atom stereocenters. The number of benzene rings is 1. The number of anilines is 1. The Morgan fingerprint density at radius 3 is 2.50 bits per heavy atom. The van der Waals surface area contributed by atoms with E-state index in [-0.39, 0.29) is 19.5 Å². The van der Waals surface area contributed by atoms with E-state index in [1.54, 1.807) is 24.5 Å². The summed E-state index contributed by atoms with van der Waals surface area (Å²) in [4.78, 5) is 1.46. The third-order valence-electron chi connectivity index (χ3n) is 1.33. The van der Waals surface area contributed by atoms with E-state index in [9.17, 15) is 4.21 Å². The Morgan fingerprint density at radius 2 is 2.08 bits per heavy atom. The topological polar surface area (TPSA) is 43.1 Å². The third-order valence-corrected chi connectivity index (χ3v) is 2.66. The van der Waals surface area contributed by atoms with Gasteiger partial charge in [-0.15, -0.1) is 12.6 Å². The first-order chi connectivity index (χ1) is 5.11. The molecule has 0 fully saturated rings. The number of nitrogens with two attached hydrogens (primary N) is 1. The Balaban J connectivity index is 0.00000121. The predicted molar refractivity (Wildman–Crippen MR) is 50.4 cm³/mol. The predicted octanol–water partition coefficient (Wildman–Crippen LogP) is 1.29. The first-order valence-corrected chi connectivity index (χ1v) is 5.03. The molecule has 2 N–H and O–H groups in total. The quantitative estimate of drug-likeness (QED) is 0.449. The van der Waals surface area contributed by atoms with Gasteiger partial charge in [0.2, 0.25) is 0 Å². The Labute approximate surface area is 92.5 Å². The maximum atomic E-state index is 10.9. The zero-order valence-corrected chi connectivity index (χ0v) is 11.5. The average molecular weight is 253 g/mol. The first kappa shape index (κ1) is 12.1. The molecular weight excluding hydrogens is 244 g/mol. The van der Waals surface area contributed by atoms with Crippen LogP contribution in [0.3, 0.4) is 0 Å². The summed E-state index contributed by atoms with van der Waals surface area (Å²) in [6, 6.07) is 5.18. The fourth-order valence-electron chi connectivity index (χ4n) is 0.711. The Hall–Kier alpha value is 0.143. The summed E-state index contributed by atoms with van der Waals surface area (Å²) in [7, 11) is -0.961. The molecule has 1 aromatic rings. The van der Waals surface area contributed by atoms with Crippen LogP contribution in [0.1, 0.15) is 0 Å². The second kappa shape index (κ2) is 5.00. The molecular formula is C7H9NOS2Zn+2. The van der Waals surface area contributed by atoms with E-state index in [4.69, 9.17) is 5.73 Å². The van der Waals surface area contributed by atoms with Gasteiger partial charge in [-0.3, -0.25) is 4.21 Å². The summed E-state index contributed by atoms with van der Waals surface area (Å²) < 4.78 is 10.9. The van der Waals surface area contributed by atoms with Gasteiger partial charge in [0.05, 0.1) is 0 Å². The van der Waals surface area contributed by atoms with Crippen molar-refractivity contribution in [2.24, 2.45) is 0 Å². The smallest absolute Gasteiger partial charge is 0.398 e. The van der Waals surface area contributed by atoms with Crippen LogP contribution in [0.5, 0.6) is 0 Å². The summed E-state index contributed by atoms with van der Waals surface area (Å²) in [5.74, 6) is 0. The summed E-state index contributed by atoms with van der Waals surface area (Å²) in [6.45, 7) is 0. The molecule has 0 spiro atoms. The summed E-state index contributed by atoms with van der Waals surface area (Å²) in [5.41, 5.74) is 6.12. The Kier molecular flexibility index (Phi) is 5.06. The minimum atomic E-state index is -0.961. The van der Waals surface area contributed by atoms with Crippen LogP contribution in [-0.4, -0.2) is 10.5 Å². The number of hydrogen-bond acceptors (Lipinski definition) is 3. The third kappa shape index (κ3) is 2.89. The van der Waals surface area contributed by atoms with Crippen molar-refractivity contribution >= 4 is 29.1 Å². The molecule has 1 aromatic carbocycles. The molecule has 0 bridgehead atoms. The van der Waals surface area contributed by atoms with Gasteiger partial charge >= 0.3 is 19.5 Å². The summed E-state index contributed by atoms with van der Waals surface area (Å²) >= 11 is 4.09. The minimum Gasteiger partial charge on any atom is -0.398 e. The fraction of sp³-hybridized carbons (Fsp3) is 0.143. The second-order valence-electron chi connectivity index (χ2n) is 2.17. The van der Waals surface area contributed by atoms with Crippen LogP contribution in [0.4, 0.5) is 5.69 Å². The molecule has 12 heavy (non-hydrogen) atoms. The van der Waals surface area contributed by atoms with E-state index in [0.29, 0.717) is 5.69 Å². The average Bonchev–Trinajstić information content (AvgIpc) is 1.94. The number of rotatable bonds is 1. The molecule has 0 saturated heterocycles. The van der Waals surface area contributed by atoms with Crippen molar-refractivity contribution in [3.8, 4) is 0 Å². The monoisotopic (exact) mass is 251 g/mol. The van der Waals surface area contributed by atoms with Gasteiger partial charge in [0.15, 0.2) is 0 Å². The molecule has 0 heterocycles. The van der Waals surface area contributed by atoms with Crippen molar-refractivity contribution in [1.82, 2.24) is 0 Å². The van der Waals surface area contributed by atoms with Gasteiger partial charge in [-0.25, -0.2) is 0 Å². The van der Waals surface area contributed by atoms with Gasteiger partial charge in [0.25, 0.3) is 0 Å². The molecule has 0 aliphatic heterocycles. The van der Waals surface area contributed by atoms with Crippen molar-refractivity contribution < 1.29 is 23.7 Å². The standard InChI is InChI=1S/C7H9NOS2.Zn/c1-11(9)5-2-3-7(10)6(8)4-5;/h2-4,10H,8H2,1H3;/q;+2.